The van der Waals surface area contributed by atoms with E-state index in [9.17, 15) is 13.6 Å². The Bertz CT molecular complexity index is 384. The number of amides is 1. The summed E-state index contributed by atoms with van der Waals surface area (Å²) in [5.41, 5.74) is -0.214. The van der Waals surface area contributed by atoms with Gasteiger partial charge in [0, 0.05) is 26.2 Å². The molecule has 1 N–H and O–H groups in total. The third kappa shape index (κ3) is 2.29. The molecule has 0 aromatic heterocycles. The predicted octanol–water partition coefficient (Wildman–Crippen LogP) is 2.10. The molecule has 16 heavy (non-hydrogen) atoms. The maximum Gasteiger partial charge on any atom is 0.253 e. The quantitative estimate of drug-likeness (QED) is 0.859. The monoisotopic (exact) mass is 228 g/mol. The largest absolute Gasteiger partial charge is 0.383 e. The van der Waals surface area contributed by atoms with Gasteiger partial charge in [0.1, 0.15) is 17.3 Å². The van der Waals surface area contributed by atoms with Crippen LogP contribution < -0.4 is 5.32 Å². The molecule has 3 nitrogen and oxygen atoms in total. The van der Waals surface area contributed by atoms with Gasteiger partial charge in [-0.25, -0.2) is 8.78 Å². The molecule has 88 valence electrons. The summed E-state index contributed by atoms with van der Waals surface area (Å²) in [4.78, 5) is 13.0. The molecule has 0 saturated carbocycles. The SMILES string of the molecule is CCN(C)C(=O)c1cc(F)c(NC)c(F)c1. The minimum atomic E-state index is -0.768. The van der Waals surface area contributed by atoms with Crippen molar-refractivity contribution in [3.05, 3.63) is 29.3 Å². The minimum Gasteiger partial charge on any atom is -0.383 e. The maximum atomic E-state index is 13.4. The molecule has 0 fully saturated rings. The van der Waals surface area contributed by atoms with Crippen LogP contribution in [0.5, 0.6) is 0 Å². The van der Waals surface area contributed by atoms with Crippen LogP contribution in [0.1, 0.15) is 17.3 Å². The Kier molecular flexibility index (Phi) is 3.82. The van der Waals surface area contributed by atoms with E-state index in [0.717, 1.165) is 12.1 Å². The second-order valence-corrected chi connectivity index (χ2v) is 3.38. The van der Waals surface area contributed by atoms with Crippen molar-refractivity contribution in [3.63, 3.8) is 0 Å². The highest BCUT2D eigenvalue weighted by molar-refractivity contribution is 5.94. The number of carbonyl (C=O) groups excluding carboxylic acids is 1. The number of anilines is 1. The number of hydrogen-bond donors (Lipinski definition) is 1. The molecule has 0 aliphatic heterocycles. The molecule has 0 radical (unpaired) electrons. The summed E-state index contributed by atoms with van der Waals surface area (Å²) in [6, 6.07) is 2.06. The van der Waals surface area contributed by atoms with Crippen LogP contribution in [0.3, 0.4) is 0 Å². The fourth-order valence-corrected chi connectivity index (χ4v) is 1.30. The van der Waals surface area contributed by atoms with Crippen molar-refractivity contribution in [1.29, 1.82) is 0 Å². The molecule has 0 heterocycles. The van der Waals surface area contributed by atoms with E-state index in [2.05, 4.69) is 5.32 Å². The lowest BCUT2D eigenvalue weighted by molar-refractivity contribution is 0.0801. The summed E-state index contributed by atoms with van der Waals surface area (Å²) in [6.45, 7) is 2.27. The second-order valence-electron chi connectivity index (χ2n) is 3.38. The molecule has 1 amide bonds. The van der Waals surface area contributed by atoms with Crippen molar-refractivity contribution in [2.75, 3.05) is 26.0 Å². The average Bonchev–Trinajstić information content (AvgIpc) is 2.26. The lowest BCUT2D eigenvalue weighted by Gasteiger charge is -2.15. The Morgan fingerprint density at radius 1 is 1.38 bits per heavy atom. The summed E-state index contributed by atoms with van der Waals surface area (Å²) in [5, 5.41) is 2.40. The van der Waals surface area contributed by atoms with E-state index in [1.165, 1.54) is 11.9 Å². The molecule has 0 atom stereocenters. The molecule has 1 rings (SSSR count). The molecule has 1 aromatic carbocycles. The van der Waals surface area contributed by atoms with Gasteiger partial charge in [-0.05, 0) is 19.1 Å². The maximum absolute atomic E-state index is 13.4. The third-order valence-electron chi connectivity index (χ3n) is 2.36. The highest BCUT2D eigenvalue weighted by Gasteiger charge is 2.16. The summed E-state index contributed by atoms with van der Waals surface area (Å²) in [6.07, 6.45) is 0. The van der Waals surface area contributed by atoms with Gasteiger partial charge in [0.15, 0.2) is 0 Å². The van der Waals surface area contributed by atoms with Crippen LogP contribution in [0.25, 0.3) is 0 Å². The standard InChI is InChI=1S/C11H14F2N2O/c1-4-15(3)11(16)7-5-8(12)10(14-2)9(13)6-7/h5-6,14H,4H2,1-3H3. The van der Waals surface area contributed by atoms with E-state index in [0.29, 0.717) is 6.54 Å². The number of rotatable bonds is 3. The lowest BCUT2D eigenvalue weighted by atomic mass is 10.1. The van der Waals surface area contributed by atoms with Gasteiger partial charge in [0.25, 0.3) is 5.91 Å². The Hall–Kier alpha value is -1.65. The number of nitrogens with zero attached hydrogens (tertiary/aromatic N) is 1. The summed E-state index contributed by atoms with van der Waals surface area (Å²) in [7, 11) is 2.99. The third-order valence-corrected chi connectivity index (χ3v) is 2.36. The molecular formula is C11H14F2N2O. The van der Waals surface area contributed by atoms with E-state index < -0.39 is 17.5 Å². The van der Waals surface area contributed by atoms with E-state index >= 15 is 0 Å². The van der Waals surface area contributed by atoms with Gasteiger partial charge in [-0.1, -0.05) is 0 Å². The summed E-state index contributed by atoms with van der Waals surface area (Å²) in [5.74, 6) is -1.94. The lowest BCUT2D eigenvalue weighted by Crippen LogP contribution is -2.26. The van der Waals surface area contributed by atoms with Gasteiger partial charge in [-0.15, -0.1) is 0 Å². The summed E-state index contributed by atoms with van der Waals surface area (Å²) >= 11 is 0. The van der Waals surface area contributed by atoms with E-state index in [4.69, 9.17) is 0 Å². The van der Waals surface area contributed by atoms with Gasteiger partial charge in [-0.3, -0.25) is 4.79 Å². The Morgan fingerprint density at radius 3 is 2.25 bits per heavy atom. The van der Waals surface area contributed by atoms with E-state index in [1.54, 1.807) is 14.0 Å². The van der Waals surface area contributed by atoms with Crippen LogP contribution in [0.4, 0.5) is 14.5 Å². The number of halogens is 2. The van der Waals surface area contributed by atoms with Gasteiger partial charge < -0.3 is 10.2 Å². The van der Waals surface area contributed by atoms with E-state index in [-0.39, 0.29) is 11.3 Å². The first-order valence-electron chi connectivity index (χ1n) is 4.93. The number of carbonyl (C=O) groups is 1. The number of benzene rings is 1. The first kappa shape index (κ1) is 12.4. The van der Waals surface area contributed by atoms with Crippen molar-refractivity contribution >= 4 is 11.6 Å². The molecule has 0 unspecified atom stereocenters. The summed E-state index contributed by atoms with van der Waals surface area (Å²) < 4.78 is 26.7. The van der Waals surface area contributed by atoms with Crippen LogP contribution in [-0.2, 0) is 0 Å². The predicted molar refractivity (Wildman–Crippen MR) is 58.5 cm³/mol. The van der Waals surface area contributed by atoms with Crippen LogP contribution in [0.2, 0.25) is 0 Å². The van der Waals surface area contributed by atoms with Crippen LogP contribution in [0.15, 0.2) is 12.1 Å². The van der Waals surface area contributed by atoms with Crippen LogP contribution in [-0.4, -0.2) is 31.4 Å². The second kappa shape index (κ2) is 4.92. The highest BCUT2D eigenvalue weighted by atomic mass is 19.1. The van der Waals surface area contributed by atoms with Crippen molar-refractivity contribution in [1.82, 2.24) is 4.90 Å². The van der Waals surface area contributed by atoms with Crippen LogP contribution >= 0.6 is 0 Å². The van der Waals surface area contributed by atoms with Crippen molar-refractivity contribution in [2.24, 2.45) is 0 Å². The number of hydrogen-bond acceptors (Lipinski definition) is 2. The molecule has 0 saturated heterocycles. The first-order chi connectivity index (χ1) is 7.51. The number of nitrogens with one attached hydrogen (secondary N) is 1. The van der Waals surface area contributed by atoms with Crippen molar-refractivity contribution in [2.45, 2.75) is 6.92 Å². The van der Waals surface area contributed by atoms with Crippen LogP contribution in [0, 0.1) is 11.6 Å². The zero-order valence-corrected chi connectivity index (χ0v) is 9.47. The first-order valence-corrected chi connectivity index (χ1v) is 4.93. The molecule has 0 aliphatic rings. The fourth-order valence-electron chi connectivity index (χ4n) is 1.30. The Morgan fingerprint density at radius 2 is 1.88 bits per heavy atom. The fraction of sp³-hybridized carbons (Fsp3) is 0.364. The highest BCUT2D eigenvalue weighted by Crippen LogP contribution is 2.20. The molecule has 0 aliphatic carbocycles. The zero-order chi connectivity index (χ0) is 12.3. The molecule has 0 bridgehead atoms. The zero-order valence-electron chi connectivity index (χ0n) is 9.47. The van der Waals surface area contributed by atoms with Gasteiger partial charge in [-0.2, -0.15) is 0 Å². The molecule has 1 aromatic rings. The van der Waals surface area contributed by atoms with E-state index in [1.807, 2.05) is 0 Å². The Balaban J connectivity index is 3.13. The average molecular weight is 228 g/mol. The van der Waals surface area contributed by atoms with Gasteiger partial charge >= 0.3 is 0 Å². The smallest absolute Gasteiger partial charge is 0.253 e. The Labute approximate surface area is 93.1 Å². The van der Waals surface area contributed by atoms with Crippen molar-refractivity contribution in [3.8, 4) is 0 Å². The normalized spacial score (nSPS) is 10.1. The topological polar surface area (TPSA) is 32.3 Å². The molecule has 0 spiro atoms. The molecular weight excluding hydrogens is 214 g/mol. The van der Waals surface area contributed by atoms with Crippen molar-refractivity contribution < 1.29 is 13.6 Å². The molecule has 5 heteroatoms. The van der Waals surface area contributed by atoms with Gasteiger partial charge in [0.2, 0.25) is 0 Å². The minimum absolute atomic E-state index is 0.0124. The van der Waals surface area contributed by atoms with Gasteiger partial charge in [0.05, 0.1) is 0 Å².